The van der Waals surface area contributed by atoms with E-state index in [4.69, 9.17) is 4.52 Å². The van der Waals surface area contributed by atoms with Gasteiger partial charge in [0.15, 0.2) is 0 Å². The summed E-state index contributed by atoms with van der Waals surface area (Å²) in [5, 5.41) is 7.30. The van der Waals surface area contributed by atoms with Crippen LogP contribution < -0.4 is 5.32 Å². The molecular weight excluding hydrogens is 230 g/mol. The molecular formula is C13H23N3O2. The minimum Gasteiger partial charge on any atom is -0.361 e. The molecule has 5 heteroatoms. The van der Waals surface area contributed by atoms with E-state index in [-0.39, 0.29) is 18.0 Å². The van der Waals surface area contributed by atoms with Crippen molar-refractivity contribution in [3.63, 3.8) is 0 Å². The second-order valence-corrected chi connectivity index (χ2v) is 4.82. The zero-order valence-electron chi connectivity index (χ0n) is 12.1. The Morgan fingerprint density at radius 3 is 2.44 bits per heavy atom. The lowest BCUT2D eigenvalue weighted by Gasteiger charge is -2.24. The number of aryl methyl sites for hydroxylation is 2. The van der Waals surface area contributed by atoms with E-state index >= 15 is 0 Å². The third-order valence-electron chi connectivity index (χ3n) is 3.11. The summed E-state index contributed by atoms with van der Waals surface area (Å²) < 4.78 is 5.18. The van der Waals surface area contributed by atoms with E-state index in [0.29, 0.717) is 0 Å². The van der Waals surface area contributed by atoms with Gasteiger partial charge in [0.05, 0.1) is 11.7 Å². The summed E-state index contributed by atoms with van der Waals surface area (Å²) in [7, 11) is 3.52. The summed E-state index contributed by atoms with van der Waals surface area (Å²) in [6, 6.07) is -0.131. The van der Waals surface area contributed by atoms with Gasteiger partial charge in [0, 0.05) is 25.7 Å². The van der Waals surface area contributed by atoms with Gasteiger partial charge in [-0.05, 0) is 27.2 Å². The fraction of sp³-hybridized carbons (Fsp3) is 0.692. The Balaban J connectivity index is 2.83. The van der Waals surface area contributed by atoms with Crippen LogP contribution in [-0.4, -0.2) is 36.1 Å². The average Bonchev–Trinajstić information content (AvgIpc) is 2.65. The molecule has 0 aliphatic heterocycles. The van der Waals surface area contributed by atoms with Crippen molar-refractivity contribution >= 4 is 5.91 Å². The average molecular weight is 253 g/mol. The number of amides is 1. The van der Waals surface area contributed by atoms with Crippen molar-refractivity contribution in [3.8, 4) is 0 Å². The summed E-state index contributed by atoms with van der Waals surface area (Å²) in [5.41, 5.74) is 1.95. The maximum absolute atomic E-state index is 11.9. The van der Waals surface area contributed by atoms with E-state index in [1.807, 2.05) is 20.8 Å². The second kappa shape index (κ2) is 6.00. The van der Waals surface area contributed by atoms with Gasteiger partial charge in [-0.2, -0.15) is 0 Å². The van der Waals surface area contributed by atoms with Gasteiger partial charge in [0.2, 0.25) is 5.91 Å². The minimum atomic E-state index is -0.223. The number of nitrogens with one attached hydrogen (secondary N) is 1. The first-order valence-electron chi connectivity index (χ1n) is 6.28. The molecule has 18 heavy (non-hydrogen) atoms. The molecule has 0 radical (unpaired) electrons. The molecule has 0 aromatic carbocycles. The number of aromatic nitrogens is 1. The highest BCUT2D eigenvalue weighted by molar-refractivity contribution is 5.80. The number of hydrogen-bond donors (Lipinski definition) is 1. The van der Waals surface area contributed by atoms with Crippen LogP contribution in [0.2, 0.25) is 0 Å². The van der Waals surface area contributed by atoms with Crippen molar-refractivity contribution < 1.29 is 9.32 Å². The lowest BCUT2D eigenvalue weighted by atomic mass is 10.0. The van der Waals surface area contributed by atoms with Gasteiger partial charge in [0.25, 0.3) is 0 Å². The highest BCUT2D eigenvalue weighted by Gasteiger charge is 2.23. The van der Waals surface area contributed by atoms with Gasteiger partial charge < -0.3 is 9.42 Å². The van der Waals surface area contributed by atoms with Crippen molar-refractivity contribution in [1.82, 2.24) is 15.4 Å². The van der Waals surface area contributed by atoms with Crippen LogP contribution in [0.1, 0.15) is 43.3 Å². The van der Waals surface area contributed by atoms with Crippen LogP contribution in [0.4, 0.5) is 0 Å². The fourth-order valence-corrected chi connectivity index (χ4v) is 2.15. The molecule has 0 unspecified atom stereocenters. The minimum absolute atomic E-state index is 0.0696. The Morgan fingerprint density at radius 2 is 2.06 bits per heavy atom. The van der Waals surface area contributed by atoms with E-state index in [1.54, 1.807) is 19.0 Å². The quantitative estimate of drug-likeness (QED) is 0.869. The molecule has 0 bridgehead atoms. The van der Waals surface area contributed by atoms with Crippen molar-refractivity contribution in [2.24, 2.45) is 0 Å². The molecule has 1 heterocycles. The topological polar surface area (TPSA) is 58.4 Å². The lowest BCUT2D eigenvalue weighted by molar-refractivity contribution is -0.130. The van der Waals surface area contributed by atoms with Gasteiger partial charge >= 0.3 is 0 Å². The maximum atomic E-state index is 11.9. The lowest BCUT2D eigenvalue weighted by Crippen LogP contribution is -2.43. The number of carbonyl (C=O) groups is 1. The van der Waals surface area contributed by atoms with E-state index in [0.717, 1.165) is 23.4 Å². The van der Waals surface area contributed by atoms with Crippen LogP contribution in [0, 0.1) is 13.8 Å². The summed E-state index contributed by atoms with van der Waals surface area (Å²) in [6.45, 7) is 7.78. The molecule has 0 aliphatic carbocycles. The predicted molar refractivity (Wildman–Crippen MR) is 70.3 cm³/mol. The first-order valence-corrected chi connectivity index (χ1v) is 6.28. The van der Waals surface area contributed by atoms with Gasteiger partial charge in [-0.1, -0.05) is 12.1 Å². The maximum Gasteiger partial charge on any atom is 0.238 e. The van der Waals surface area contributed by atoms with Crippen LogP contribution >= 0.6 is 0 Å². The van der Waals surface area contributed by atoms with Crippen molar-refractivity contribution in [2.75, 3.05) is 14.1 Å². The first-order chi connectivity index (χ1) is 8.38. The normalized spacial score (nSPS) is 14.3. The first kappa shape index (κ1) is 14.7. The van der Waals surface area contributed by atoms with Gasteiger partial charge in [-0.3, -0.25) is 10.1 Å². The molecule has 2 atom stereocenters. The third kappa shape index (κ3) is 3.10. The number of rotatable bonds is 5. The van der Waals surface area contributed by atoms with E-state index in [1.165, 1.54) is 0 Å². The van der Waals surface area contributed by atoms with Gasteiger partial charge in [-0.25, -0.2) is 0 Å². The van der Waals surface area contributed by atoms with Gasteiger partial charge in [-0.15, -0.1) is 0 Å². The molecule has 102 valence electrons. The molecule has 1 aromatic heterocycles. The SMILES string of the molecule is CC[C@@H](N[C@H](C)C(=O)N(C)C)c1c(C)noc1C. The molecule has 1 amide bonds. The fourth-order valence-electron chi connectivity index (χ4n) is 2.15. The number of nitrogens with zero attached hydrogens (tertiary/aromatic N) is 2. The van der Waals surface area contributed by atoms with E-state index in [9.17, 15) is 4.79 Å². The molecule has 0 saturated carbocycles. The zero-order chi connectivity index (χ0) is 13.9. The van der Waals surface area contributed by atoms with Crippen LogP contribution in [0.5, 0.6) is 0 Å². The number of carbonyl (C=O) groups excluding carboxylic acids is 1. The van der Waals surface area contributed by atoms with Crippen molar-refractivity contribution in [3.05, 3.63) is 17.0 Å². The Kier molecular flexibility index (Phi) is 4.90. The van der Waals surface area contributed by atoms with Crippen LogP contribution in [0.25, 0.3) is 0 Å². The standard InChI is InChI=1S/C13H23N3O2/c1-7-11(12-8(2)15-18-10(12)4)14-9(3)13(17)16(5)6/h9,11,14H,7H2,1-6H3/t9-,11-/m1/s1. The second-order valence-electron chi connectivity index (χ2n) is 4.82. The molecule has 5 nitrogen and oxygen atoms in total. The highest BCUT2D eigenvalue weighted by Crippen LogP contribution is 2.24. The largest absolute Gasteiger partial charge is 0.361 e. The van der Waals surface area contributed by atoms with E-state index in [2.05, 4.69) is 17.4 Å². The third-order valence-corrected chi connectivity index (χ3v) is 3.11. The Hall–Kier alpha value is -1.36. The van der Waals surface area contributed by atoms with Crippen LogP contribution in [0.3, 0.4) is 0 Å². The van der Waals surface area contributed by atoms with E-state index < -0.39 is 0 Å². The monoisotopic (exact) mass is 253 g/mol. The molecule has 0 aliphatic rings. The summed E-state index contributed by atoms with van der Waals surface area (Å²) in [6.07, 6.45) is 0.883. The molecule has 1 aromatic rings. The highest BCUT2D eigenvalue weighted by atomic mass is 16.5. The molecule has 1 rings (SSSR count). The van der Waals surface area contributed by atoms with Crippen LogP contribution in [-0.2, 0) is 4.79 Å². The number of hydrogen-bond acceptors (Lipinski definition) is 4. The summed E-state index contributed by atoms with van der Waals surface area (Å²) in [5.74, 6) is 0.886. The van der Waals surface area contributed by atoms with Crippen molar-refractivity contribution in [2.45, 2.75) is 46.2 Å². The molecule has 1 N–H and O–H groups in total. The predicted octanol–water partition coefficient (Wildman–Crippen LogP) is 1.81. The Bertz CT molecular complexity index is 393. The summed E-state index contributed by atoms with van der Waals surface area (Å²) >= 11 is 0. The van der Waals surface area contributed by atoms with Crippen LogP contribution in [0.15, 0.2) is 4.52 Å². The smallest absolute Gasteiger partial charge is 0.238 e. The molecule has 0 fully saturated rings. The summed E-state index contributed by atoms with van der Waals surface area (Å²) in [4.78, 5) is 13.5. The zero-order valence-corrected chi connectivity index (χ0v) is 12.1. The Morgan fingerprint density at radius 1 is 1.44 bits per heavy atom. The number of likely N-dealkylation sites (N-methyl/N-ethyl adjacent to an activating group) is 1. The molecule has 0 spiro atoms. The van der Waals surface area contributed by atoms with Gasteiger partial charge in [0.1, 0.15) is 5.76 Å². The van der Waals surface area contributed by atoms with Crippen molar-refractivity contribution in [1.29, 1.82) is 0 Å². The molecule has 0 saturated heterocycles. The Labute approximate surface area is 109 Å².